The first kappa shape index (κ1) is 21.7. The molecule has 1 N–H and O–H groups in total. The van der Waals surface area contributed by atoms with Crippen molar-refractivity contribution < 1.29 is 23.0 Å². The third-order valence-corrected chi connectivity index (χ3v) is 5.38. The number of piperidine rings is 1. The van der Waals surface area contributed by atoms with Gasteiger partial charge in [0, 0.05) is 13.2 Å². The van der Waals surface area contributed by atoms with E-state index in [9.17, 15) is 13.6 Å². The van der Waals surface area contributed by atoms with E-state index < -0.39 is 30.2 Å². The molecular weight excluding hydrogens is 410 g/mol. The van der Waals surface area contributed by atoms with Crippen LogP contribution in [0, 0.1) is 0 Å². The monoisotopic (exact) mass is 438 g/mol. The van der Waals surface area contributed by atoms with Gasteiger partial charge in [-0.1, -0.05) is 0 Å². The molecule has 2 aliphatic heterocycles. The number of ether oxygens (including phenoxy) is 2. The number of carbonyl (C=O) groups excluding carboxylic acids is 1. The molecule has 2 atom stereocenters. The number of hydrogen-bond acceptors (Lipinski definition) is 7. The van der Waals surface area contributed by atoms with Gasteiger partial charge in [0.25, 0.3) is 5.92 Å². The second kappa shape index (κ2) is 8.18. The topological polar surface area (TPSA) is 94.4 Å². The van der Waals surface area contributed by atoms with Crippen molar-refractivity contribution in [3.63, 3.8) is 0 Å². The van der Waals surface area contributed by atoms with Crippen LogP contribution in [0.1, 0.15) is 52.7 Å². The molecule has 0 radical (unpaired) electrons. The maximum Gasteiger partial charge on any atom is 0.410 e. The van der Waals surface area contributed by atoms with Crippen LogP contribution >= 0.6 is 0 Å². The lowest BCUT2D eigenvalue weighted by molar-refractivity contribution is -0.0770. The second-order valence-electron chi connectivity index (χ2n) is 9.02. The zero-order chi connectivity index (χ0) is 22.2. The summed E-state index contributed by atoms with van der Waals surface area (Å²) in [5, 5.41) is 7.79. The number of nitrogens with zero attached hydrogens (tertiary/aromatic N) is 5. The molecule has 11 heteroatoms. The summed E-state index contributed by atoms with van der Waals surface area (Å²) >= 11 is 0. The Labute approximate surface area is 179 Å². The predicted octanol–water partition coefficient (Wildman–Crippen LogP) is 3.58. The molecule has 4 rings (SSSR count). The van der Waals surface area contributed by atoms with E-state index in [1.807, 2.05) is 0 Å². The lowest BCUT2D eigenvalue weighted by atomic mass is 10.0. The van der Waals surface area contributed by atoms with E-state index >= 15 is 0 Å². The molecule has 2 unspecified atom stereocenters. The molecule has 170 valence electrons. The van der Waals surface area contributed by atoms with Crippen LogP contribution in [0.25, 0.3) is 11.0 Å². The van der Waals surface area contributed by atoms with Crippen molar-refractivity contribution >= 4 is 22.9 Å². The van der Waals surface area contributed by atoms with Crippen LogP contribution in [0.15, 0.2) is 12.5 Å². The minimum Gasteiger partial charge on any atom is -0.444 e. The van der Waals surface area contributed by atoms with Gasteiger partial charge >= 0.3 is 6.09 Å². The Morgan fingerprint density at radius 1 is 1.29 bits per heavy atom. The number of alkyl halides is 2. The van der Waals surface area contributed by atoms with Gasteiger partial charge in [0.15, 0.2) is 11.9 Å². The summed E-state index contributed by atoms with van der Waals surface area (Å²) < 4.78 is 42.5. The van der Waals surface area contributed by atoms with Crippen LogP contribution in [0.2, 0.25) is 0 Å². The first-order valence-electron chi connectivity index (χ1n) is 10.6. The summed E-state index contributed by atoms with van der Waals surface area (Å²) in [4.78, 5) is 21.7. The molecule has 1 amide bonds. The van der Waals surface area contributed by atoms with Gasteiger partial charge < -0.3 is 19.7 Å². The zero-order valence-corrected chi connectivity index (χ0v) is 18.0. The Morgan fingerprint density at radius 3 is 2.77 bits per heavy atom. The predicted molar refractivity (Wildman–Crippen MR) is 109 cm³/mol. The highest BCUT2D eigenvalue weighted by atomic mass is 19.3. The fraction of sp³-hybridized carbons (Fsp3) is 0.700. The Kier molecular flexibility index (Phi) is 5.71. The van der Waals surface area contributed by atoms with Crippen molar-refractivity contribution in [3.05, 3.63) is 12.5 Å². The standard InChI is InChI=1S/C20H28F2N6O3/c1-19(2,3)31-18(29)27-8-7-14(20(21,22)11-27)26-16-13-10-25-28(17(13)24-12-23-16)15-6-4-5-9-30-15/h10,12,14-15H,4-9,11H2,1-3H3,(H,23,24,26). The van der Waals surface area contributed by atoms with E-state index in [1.165, 1.54) is 6.33 Å². The quantitative estimate of drug-likeness (QED) is 0.783. The molecule has 2 aliphatic rings. The summed E-state index contributed by atoms with van der Waals surface area (Å²) in [5.74, 6) is -2.86. The number of aromatic nitrogens is 4. The molecule has 0 aromatic carbocycles. The van der Waals surface area contributed by atoms with Crippen LogP contribution in [-0.2, 0) is 9.47 Å². The molecular formula is C20H28F2N6O3. The Balaban J connectivity index is 1.49. The molecule has 0 spiro atoms. The van der Waals surface area contributed by atoms with Gasteiger partial charge in [-0.25, -0.2) is 28.2 Å². The maximum absolute atomic E-state index is 14.9. The van der Waals surface area contributed by atoms with Crippen molar-refractivity contribution in [2.75, 3.05) is 25.0 Å². The average Bonchev–Trinajstić information content (AvgIpc) is 3.13. The fourth-order valence-corrected chi connectivity index (χ4v) is 3.87. The minimum absolute atomic E-state index is 0.0532. The van der Waals surface area contributed by atoms with Crippen molar-refractivity contribution in [3.8, 4) is 0 Å². The number of rotatable bonds is 3. The van der Waals surface area contributed by atoms with E-state index in [0.29, 0.717) is 23.5 Å². The third kappa shape index (κ3) is 4.70. The summed E-state index contributed by atoms with van der Waals surface area (Å²) in [7, 11) is 0. The fourth-order valence-electron chi connectivity index (χ4n) is 3.87. The van der Waals surface area contributed by atoms with E-state index in [0.717, 1.165) is 24.2 Å². The number of amides is 1. The van der Waals surface area contributed by atoms with Crippen LogP contribution in [-0.4, -0.2) is 68.0 Å². The molecule has 2 saturated heterocycles. The number of anilines is 1. The molecule has 2 aromatic heterocycles. The zero-order valence-electron chi connectivity index (χ0n) is 18.0. The first-order chi connectivity index (χ1) is 14.6. The lowest BCUT2D eigenvalue weighted by Gasteiger charge is -2.39. The molecule has 4 heterocycles. The summed E-state index contributed by atoms with van der Waals surface area (Å²) in [6.45, 7) is 5.21. The van der Waals surface area contributed by atoms with Crippen molar-refractivity contribution in [1.29, 1.82) is 0 Å². The highest BCUT2D eigenvalue weighted by Gasteiger charge is 2.47. The van der Waals surface area contributed by atoms with Gasteiger partial charge in [0.05, 0.1) is 24.2 Å². The smallest absolute Gasteiger partial charge is 0.410 e. The molecule has 2 aromatic rings. The van der Waals surface area contributed by atoms with E-state index in [4.69, 9.17) is 9.47 Å². The van der Waals surface area contributed by atoms with Crippen molar-refractivity contribution in [2.24, 2.45) is 0 Å². The Morgan fingerprint density at radius 2 is 2.10 bits per heavy atom. The van der Waals surface area contributed by atoms with E-state index in [-0.39, 0.29) is 19.2 Å². The highest BCUT2D eigenvalue weighted by Crippen LogP contribution is 2.33. The van der Waals surface area contributed by atoms with Gasteiger partial charge in [-0.2, -0.15) is 5.10 Å². The van der Waals surface area contributed by atoms with Crippen LogP contribution in [0.3, 0.4) is 0 Å². The Bertz CT molecular complexity index is 939. The molecule has 2 fully saturated rings. The maximum atomic E-state index is 14.9. The largest absolute Gasteiger partial charge is 0.444 e. The summed E-state index contributed by atoms with van der Waals surface area (Å²) in [6, 6.07) is -1.18. The molecule has 0 bridgehead atoms. The van der Waals surface area contributed by atoms with E-state index in [1.54, 1.807) is 31.6 Å². The van der Waals surface area contributed by atoms with Crippen LogP contribution < -0.4 is 5.32 Å². The normalized spacial score (nSPS) is 24.2. The number of hydrogen-bond donors (Lipinski definition) is 1. The summed E-state index contributed by atoms with van der Waals surface area (Å²) in [5.41, 5.74) is -0.199. The van der Waals surface area contributed by atoms with Crippen molar-refractivity contribution in [1.82, 2.24) is 24.6 Å². The van der Waals surface area contributed by atoms with Crippen LogP contribution in [0.5, 0.6) is 0 Å². The number of likely N-dealkylation sites (tertiary alicyclic amines) is 1. The van der Waals surface area contributed by atoms with Gasteiger partial charge in [-0.05, 0) is 46.5 Å². The van der Waals surface area contributed by atoms with E-state index in [2.05, 4.69) is 20.4 Å². The number of fused-ring (bicyclic) bond motifs is 1. The first-order valence-corrected chi connectivity index (χ1v) is 10.6. The average molecular weight is 438 g/mol. The highest BCUT2D eigenvalue weighted by molar-refractivity contribution is 5.86. The molecule has 9 nitrogen and oxygen atoms in total. The van der Waals surface area contributed by atoms with Gasteiger partial charge in [-0.15, -0.1) is 0 Å². The van der Waals surface area contributed by atoms with Crippen LogP contribution in [0.4, 0.5) is 19.4 Å². The molecule has 0 saturated carbocycles. The number of nitrogens with one attached hydrogen (secondary N) is 1. The van der Waals surface area contributed by atoms with Gasteiger partial charge in [0.2, 0.25) is 0 Å². The SMILES string of the molecule is CC(C)(C)OC(=O)N1CCC(Nc2ncnc3c2cnn3C2CCCCO2)C(F)(F)C1. The van der Waals surface area contributed by atoms with Gasteiger partial charge in [0.1, 0.15) is 17.7 Å². The van der Waals surface area contributed by atoms with Gasteiger partial charge in [-0.3, -0.25) is 0 Å². The minimum atomic E-state index is -3.16. The number of halogens is 2. The molecule has 31 heavy (non-hydrogen) atoms. The number of carbonyl (C=O) groups is 1. The Hall–Kier alpha value is -2.56. The lowest BCUT2D eigenvalue weighted by Crippen LogP contribution is -2.56. The third-order valence-electron chi connectivity index (χ3n) is 5.38. The molecule has 0 aliphatic carbocycles. The second-order valence-corrected chi connectivity index (χ2v) is 9.02. The van der Waals surface area contributed by atoms with Crippen molar-refractivity contribution in [2.45, 2.75) is 70.2 Å². The summed E-state index contributed by atoms with van der Waals surface area (Å²) in [6.07, 6.45) is 4.88.